The van der Waals surface area contributed by atoms with E-state index in [0.717, 1.165) is 11.0 Å². The molecule has 0 unspecified atom stereocenters. The summed E-state index contributed by atoms with van der Waals surface area (Å²) in [7, 11) is 0. The zero-order valence-corrected chi connectivity index (χ0v) is 4.70. The number of hydrogen-bond acceptors (Lipinski definition) is 2. The Kier molecular flexibility index (Phi) is 2.10. The molecule has 4 heteroatoms. The van der Waals surface area contributed by atoms with E-state index in [-0.39, 0.29) is 18.9 Å². The van der Waals surface area contributed by atoms with E-state index >= 15 is 0 Å². The maximum Gasteiger partial charge on any atom is 0.112 e. The Hall–Kier alpha value is -0.783. The van der Waals surface area contributed by atoms with Crippen LogP contribution in [0.1, 0.15) is 0 Å². The molecule has 1 heterocycles. The first-order valence-corrected chi connectivity index (χ1v) is 2.72. The molecular weight excluding hydrogens is 121 g/mol. The van der Waals surface area contributed by atoms with Crippen LogP contribution < -0.4 is 0 Å². The molecule has 0 saturated heterocycles. The van der Waals surface area contributed by atoms with E-state index in [1.807, 2.05) is 24.3 Å². The van der Waals surface area contributed by atoms with Crippen molar-refractivity contribution in [2.24, 2.45) is 0 Å². The molecule has 1 aromatic carbocycles. The number of H-pyrrole nitrogens is 1. The van der Waals surface area contributed by atoms with Gasteiger partial charge in [0.25, 0.3) is 0 Å². The van der Waals surface area contributed by atoms with E-state index < -0.39 is 0 Å². The van der Waals surface area contributed by atoms with Crippen LogP contribution >= 0.6 is 0 Å². The van der Waals surface area contributed by atoms with E-state index in [4.69, 9.17) is 0 Å². The van der Waals surface area contributed by atoms with Gasteiger partial charge in [0.05, 0.1) is 5.52 Å². The van der Waals surface area contributed by atoms with Crippen molar-refractivity contribution < 1.29 is 0 Å². The van der Waals surface area contributed by atoms with Crippen LogP contribution in [0.3, 0.4) is 0 Å². The van der Waals surface area contributed by atoms with Crippen molar-refractivity contribution in [3.05, 3.63) is 24.3 Å². The number of benzene rings is 1. The molecule has 10 heavy (non-hydrogen) atoms. The van der Waals surface area contributed by atoms with Crippen LogP contribution in [0.2, 0.25) is 0 Å². The topological polar surface area (TPSA) is 41.6 Å². The Morgan fingerprint density at radius 2 is 2.00 bits per heavy atom. The molecule has 3 nitrogen and oxygen atoms in total. The second-order valence-electron chi connectivity index (χ2n) is 1.83. The van der Waals surface area contributed by atoms with Crippen molar-refractivity contribution in [2.75, 3.05) is 0 Å². The molecule has 0 saturated carbocycles. The molecule has 46 valence electrons. The third-order valence-corrected chi connectivity index (χ3v) is 1.23. The van der Waals surface area contributed by atoms with Gasteiger partial charge in [0.1, 0.15) is 5.52 Å². The van der Waals surface area contributed by atoms with Gasteiger partial charge in [0.15, 0.2) is 0 Å². The third kappa shape index (κ3) is 1.06. The zero-order valence-electron chi connectivity index (χ0n) is 4.70. The second-order valence-corrected chi connectivity index (χ2v) is 1.83. The minimum atomic E-state index is 0. The minimum absolute atomic E-state index is 0. The van der Waals surface area contributed by atoms with Crippen LogP contribution in [0.5, 0.6) is 0 Å². The predicted octanol–water partition coefficient (Wildman–Crippen LogP) is 0.309. The predicted molar refractivity (Wildman–Crippen MR) is 41.0 cm³/mol. The average Bonchev–Trinajstić information content (AvgIpc) is 2.33. The zero-order chi connectivity index (χ0) is 6.10. The molecule has 0 aliphatic heterocycles. The Morgan fingerprint density at radius 3 is 2.80 bits per heavy atom. The van der Waals surface area contributed by atoms with Crippen LogP contribution in [0.25, 0.3) is 11.0 Å². The van der Waals surface area contributed by atoms with E-state index in [0.29, 0.717) is 0 Å². The number of para-hydroxylation sites is 1. The maximum atomic E-state index is 3.81. The fourth-order valence-corrected chi connectivity index (χ4v) is 0.788. The van der Waals surface area contributed by atoms with Crippen molar-refractivity contribution in [1.29, 1.82) is 0 Å². The monoisotopic (exact) mass is 127 g/mol. The number of fused-ring (bicyclic) bond motifs is 1. The smallest absolute Gasteiger partial charge is 0.112 e. The number of nitrogens with zero attached hydrogens (tertiary/aromatic N) is 2. The summed E-state index contributed by atoms with van der Waals surface area (Å²) in [5.41, 5.74) is 1.90. The Bertz CT molecular complexity index is 287. The number of nitrogens with one attached hydrogen (secondary N) is 1. The number of rotatable bonds is 0. The SMILES string of the molecule is [LiH].c1ccc2[nH]nnc2c1. The normalized spacial score (nSPS) is 9.20. The summed E-state index contributed by atoms with van der Waals surface area (Å²) in [4.78, 5) is 0. The van der Waals surface area contributed by atoms with Crippen molar-refractivity contribution in [3.63, 3.8) is 0 Å². The molecule has 0 spiro atoms. The van der Waals surface area contributed by atoms with Crippen LogP contribution in [0.15, 0.2) is 24.3 Å². The Balaban J connectivity index is 0.000000500. The average molecular weight is 127 g/mol. The number of aromatic nitrogens is 3. The molecule has 0 fully saturated rings. The molecule has 2 rings (SSSR count). The Labute approximate surface area is 70.0 Å². The summed E-state index contributed by atoms with van der Waals surface area (Å²) in [6, 6.07) is 7.74. The van der Waals surface area contributed by atoms with Crippen LogP contribution in [-0.2, 0) is 0 Å². The number of aromatic amines is 1. The van der Waals surface area contributed by atoms with Crippen LogP contribution in [-0.4, -0.2) is 34.3 Å². The summed E-state index contributed by atoms with van der Waals surface area (Å²) in [6.45, 7) is 0. The van der Waals surface area contributed by atoms with Crippen LogP contribution in [0.4, 0.5) is 0 Å². The number of hydrogen-bond donors (Lipinski definition) is 1. The van der Waals surface area contributed by atoms with Gasteiger partial charge in [-0.05, 0) is 12.1 Å². The van der Waals surface area contributed by atoms with Gasteiger partial charge in [-0.25, -0.2) is 0 Å². The van der Waals surface area contributed by atoms with E-state index in [9.17, 15) is 0 Å². The summed E-state index contributed by atoms with van der Waals surface area (Å²) in [5.74, 6) is 0. The van der Waals surface area contributed by atoms with Crippen molar-refractivity contribution in [2.45, 2.75) is 0 Å². The summed E-state index contributed by atoms with van der Waals surface area (Å²) in [5, 5.41) is 10.2. The molecule has 0 aliphatic carbocycles. The van der Waals surface area contributed by atoms with Gasteiger partial charge in [-0.15, -0.1) is 5.10 Å². The molecule has 0 aliphatic rings. The van der Waals surface area contributed by atoms with Gasteiger partial charge in [0.2, 0.25) is 0 Å². The largest absolute Gasteiger partial charge is 0.258 e. The molecule has 1 aromatic heterocycles. The second kappa shape index (κ2) is 2.87. The summed E-state index contributed by atoms with van der Waals surface area (Å²) in [6.07, 6.45) is 0. The van der Waals surface area contributed by atoms with E-state index in [1.54, 1.807) is 0 Å². The molecular formula is C6H6LiN3. The van der Waals surface area contributed by atoms with Crippen molar-refractivity contribution in [1.82, 2.24) is 15.4 Å². The third-order valence-electron chi connectivity index (χ3n) is 1.23. The summed E-state index contributed by atoms with van der Waals surface area (Å²) < 4.78 is 0. The van der Waals surface area contributed by atoms with Gasteiger partial charge in [-0.3, -0.25) is 5.10 Å². The van der Waals surface area contributed by atoms with E-state index in [1.165, 1.54) is 0 Å². The fourth-order valence-electron chi connectivity index (χ4n) is 0.788. The quantitative estimate of drug-likeness (QED) is 0.517. The van der Waals surface area contributed by atoms with E-state index in [2.05, 4.69) is 15.4 Å². The van der Waals surface area contributed by atoms with Gasteiger partial charge in [-0.2, -0.15) is 0 Å². The van der Waals surface area contributed by atoms with Gasteiger partial charge < -0.3 is 0 Å². The van der Waals surface area contributed by atoms with Gasteiger partial charge >= 0.3 is 18.9 Å². The molecule has 0 amide bonds. The summed E-state index contributed by atoms with van der Waals surface area (Å²) >= 11 is 0. The first kappa shape index (κ1) is 7.33. The molecule has 0 atom stereocenters. The fraction of sp³-hybridized carbons (Fsp3) is 0. The Morgan fingerprint density at radius 1 is 1.20 bits per heavy atom. The first-order valence-electron chi connectivity index (χ1n) is 2.72. The standard InChI is InChI=1S/C6H5N3.Li.H/c1-2-4-6-5(3-1)7-9-8-6;;/h1-4H,(H,7,8,9);;. The van der Waals surface area contributed by atoms with Gasteiger partial charge in [0, 0.05) is 0 Å². The molecule has 1 N–H and O–H groups in total. The van der Waals surface area contributed by atoms with Crippen molar-refractivity contribution in [3.8, 4) is 0 Å². The maximum absolute atomic E-state index is 3.81. The molecule has 2 aromatic rings. The van der Waals surface area contributed by atoms with Gasteiger partial charge in [-0.1, -0.05) is 17.3 Å². The van der Waals surface area contributed by atoms with Crippen molar-refractivity contribution >= 4 is 29.9 Å². The van der Waals surface area contributed by atoms with Crippen LogP contribution in [0, 0.1) is 0 Å². The molecule has 0 radical (unpaired) electrons. The first-order chi connectivity index (χ1) is 4.47. The molecule has 0 bridgehead atoms. The minimum Gasteiger partial charge on any atom is -0.258 e.